The molecule has 2 rings (SSSR count). The lowest BCUT2D eigenvalue weighted by atomic mass is 10.1. The molecule has 70 valence electrons. The van der Waals surface area contributed by atoms with Crippen LogP contribution >= 0.6 is 0 Å². The molecule has 0 heterocycles. The maximum atomic E-state index is 5.54. The van der Waals surface area contributed by atoms with Crippen molar-refractivity contribution in [3.63, 3.8) is 0 Å². The number of rotatable bonds is 1. The van der Waals surface area contributed by atoms with Crippen LogP contribution in [0.15, 0.2) is 0 Å². The van der Waals surface area contributed by atoms with Gasteiger partial charge >= 0.3 is 0 Å². The van der Waals surface area contributed by atoms with E-state index >= 15 is 0 Å². The summed E-state index contributed by atoms with van der Waals surface area (Å²) in [7, 11) is 0. The zero-order valence-electron chi connectivity index (χ0n) is 7.76. The van der Waals surface area contributed by atoms with E-state index in [1.54, 1.807) is 0 Å². The lowest BCUT2D eigenvalue weighted by Crippen LogP contribution is -2.37. The minimum Gasteiger partial charge on any atom is -0.271 e. The predicted molar refractivity (Wildman–Crippen MR) is 50.4 cm³/mol. The van der Waals surface area contributed by atoms with Gasteiger partial charge in [-0.1, -0.05) is 32.1 Å². The third-order valence-corrected chi connectivity index (χ3v) is 3.55. The minimum atomic E-state index is 0.632. The summed E-state index contributed by atoms with van der Waals surface area (Å²) in [4.78, 5) is 0. The van der Waals surface area contributed by atoms with Crippen LogP contribution in [0.25, 0.3) is 0 Å². The molecule has 2 nitrogen and oxygen atoms in total. The standard InChI is InChI=1S/C10H20N2/c11-12-10-6-4-2-1-3-5-8-7-9(8)10/h8-10,12H,1-7,11H2/t8?,9-,10?/m1/s1. The summed E-state index contributed by atoms with van der Waals surface area (Å²) in [5.74, 6) is 7.48. The van der Waals surface area contributed by atoms with Crippen LogP contribution in [0.5, 0.6) is 0 Å². The molecular weight excluding hydrogens is 148 g/mol. The third kappa shape index (κ3) is 1.80. The quantitative estimate of drug-likeness (QED) is 0.463. The molecule has 0 aromatic heterocycles. The van der Waals surface area contributed by atoms with E-state index in [0.29, 0.717) is 6.04 Å². The van der Waals surface area contributed by atoms with E-state index in [0.717, 1.165) is 11.8 Å². The van der Waals surface area contributed by atoms with Crippen LogP contribution in [0.3, 0.4) is 0 Å². The fourth-order valence-corrected chi connectivity index (χ4v) is 2.64. The molecule has 3 atom stereocenters. The topological polar surface area (TPSA) is 38.0 Å². The highest BCUT2D eigenvalue weighted by Crippen LogP contribution is 2.46. The van der Waals surface area contributed by atoms with Gasteiger partial charge in [0.15, 0.2) is 0 Å². The number of hydrogen-bond donors (Lipinski definition) is 2. The molecule has 2 fully saturated rings. The summed E-state index contributed by atoms with van der Waals surface area (Å²) in [6, 6.07) is 0.632. The van der Waals surface area contributed by atoms with E-state index in [1.165, 1.54) is 44.9 Å². The molecule has 0 amide bonds. The highest BCUT2D eigenvalue weighted by Gasteiger charge is 2.41. The molecule has 0 spiro atoms. The van der Waals surface area contributed by atoms with Crippen LogP contribution in [0.1, 0.15) is 44.9 Å². The monoisotopic (exact) mass is 168 g/mol. The first-order chi connectivity index (χ1) is 5.92. The number of nitrogens with two attached hydrogens (primary N) is 1. The molecule has 2 unspecified atom stereocenters. The smallest absolute Gasteiger partial charge is 0.0241 e. The van der Waals surface area contributed by atoms with Crippen molar-refractivity contribution in [1.29, 1.82) is 0 Å². The van der Waals surface area contributed by atoms with Crippen molar-refractivity contribution >= 4 is 0 Å². The Morgan fingerprint density at radius 3 is 2.50 bits per heavy atom. The van der Waals surface area contributed by atoms with Crippen molar-refractivity contribution in [1.82, 2.24) is 5.43 Å². The van der Waals surface area contributed by atoms with Gasteiger partial charge in [-0.15, -0.1) is 0 Å². The maximum absolute atomic E-state index is 5.54. The van der Waals surface area contributed by atoms with E-state index in [4.69, 9.17) is 5.84 Å². The Labute approximate surface area is 74.9 Å². The van der Waals surface area contributed by atoms with E-state index in [-0.39, 0.29) is 0 Å². The Balaban J connectivity index is 1.87. The second-order valence-corrected chi connectivity index (χ2v) is 4.42. The first kappa shape index (κ1) is 8.52. The zero-order valence-corrected chi connectivity index (χ0v) is 7.76. The summed E-state index contributed by atoms with van der Waals surface area (Å²) in [6.07, 6.45) is 9.89. The normalized spacial score (nSPS) is 42.2. The zero-order chi connectivity index (χ0) is 8.39. The number of fused-ring (bicyclic) bond motifs is 1. The van der Waals surface area contributed by atoms with Crippen molar-refractivity contribution in [2.75, 3.05) is 0 Å². The molecule has 0 radical (unpaired) electrons. The van der Waals surface area contributed by atoms with Gasteiger partial charge in [-0.2, -0.15) is 0 Å². The van der Waals surface area contributed by atoms with Gasteiger partial charge in [0.1, 0.15) is 0 Å². The second kappa shape index (κ2) is 3.75. The van der Waals surface area contributed by atoms with Gasteiger partial charge in [-0.25, -0.2) is 0 Å². The van der Waals surface area contributed by atoms with Crippen LogP contribution in [0.2, 0.25) is 0 Å². The lowest BCUT2D eigenvalue weighted by Gasteiger charge is -2.14. The van der Waals surface area contributed by atoms with E-state index in [2.05, 4.69) is 5.43 Å². The molecule has 0 saturated heterocycles. The van der Waals surface area contributed by atoms with Gasteiger partial charge in [0.05, 0.1) is 0 Å². The van der Waals surface area contributed by atoms with Crippen molar-refractivity contribution in [2.24, 2.45) is 17.7 Å². The van der Waals surface area contributed by atoms with Gasteiger partial charge < -0.3 is 0 Å². The molecule has 2 heteroatoms. The van der Waals surface area contributed by atoms with Crippen molar-refractivity contribution in [2.45, 2.75) is 51.0 Å². The first-order valence-corrected chi connectivity index (χ1v) is 5.38. The molecule has 0 bridgehead atoms. The highest BCUT2D eigenvalue weighted by atomic mass is 15.2. The number of nitrogens with one attached hydrogen (secondary N) is 1. The van der Waals surface area contributed by atoms with Gasteiger partial charge in [-0.05, 0) is 24.7 Å². The Bertz CT molecular complexity index is 147. The largest absolute Gasteiger partial charge is 0.271 e. The first-order valence-electron chi connectivity index (χ1n) is 5.38. The average Bonchev–Trinajstić information content (AvgIpc) is 2.82. The number of hydrazine groups is 1. The van der Waals surface area contributed by atoms with E-state index < -0.39 is 0 Å². The SMILES string of the molecule is NNC1CCCCCCC2C[C@H]21. The summed E-state index contributed by atoms with van der Waals surface area (Å²) >= 11 is 0. The fourth-order valence-electron chi connectivity index (χ4n) is 2.64. The fraction of sp³-hybridized carbons (Fsp3) is 1.00. The molecular formula is C10H20N2. The van der Waals surface area contributed by atoms with Crippen LogP contribution in [0, 0.1) is 11.8 Å². The maximum Gasteiger partial charge on any atom is 0.0241 e. The highest BCUT2D eigenvalue weighted by molar-refractivity contribution is 4.94. The van der Waals surface area contributed by atoms with Crippen molar-refractivity contribution in [3.8, 4) is 0 Å². The molecule has 2 aliphatic rings. The van der Waals surface area contributed by atoms with E-state index in [1.807, 2.05) is 0 Å². The van der Waals surface area contributed by atoms with Crippen molar-refractivity contribution < 1.29 is 0 Å². The number of hydrogen-bond acceptors (Lipinski definition) is 2. The molecule has 2 aliphatic carbocycles. The molecule has 3 N–H and O–H groups in total. The molecule has 12 heavy (non-hydrogen) atoms. The third-order valence-electron chi connectivity index (χ3n) is 3.55. The molecule has 0 aromatic carbocycles. The van der Waals surface area contributed by atoms with Gasteiger partial charge in [-0.3, -0.25) is 11.3 Å². The van der Waals surface area contributed by atoms with Gasteiger partial charge in [0.25, 0.3) is 0 Å². The Morgan fingerprint density at radius 2 is 1.75 bits per heavy atom. The summed E-state index contributed by atoms with van der Waals surface area (Å²) in [5.41, 5.74) is 2.99. The average molecular weight is 168 g/mol. The van der Waals surface area contributed by atoms with E-state index in [9.17, 15) is 0 Å². The summed E-state index contributed by atoms with van der Waals surface area (Å²) < 4.78 is 0. The Hall–Kier alpha value is -0.0800. The van der Waals surface area contributed by atoms with Crippen LogP contribution in [-0.4, -0.2) is 6.04 Å². The molecule has 2 saturated carbocycles. The summed E-state index contributed by atoms with van der Waals surface area (Å²) in [6.45, 7) is 0. The predicted octanol–water partition coefficient (Wildman–Crippen LogP) is 1.81. The van der Waals surface area contributed by atoms with Crippen LogP contribution in [0.4, 0.5) is 0 Å². The van der Waals surface area contributed by atoms with Gasteiger partial charge in [0.2, 0.25) is 0 Å². The lowest BCUT2D eigenvalue weighted by molar-refractivity contribution is 0.416. The molecule has 0 aliphatic heterocycles. The molecule has 0 aromatic rings. The minimum absolute atomic E-state index is 0.632. The Morgan fingerprint density at radius 1 is 1.00 bits per heavy atom. The van der Waals surface area contributed by atoms with Crippen LogP contribution in [-0.2, 0) is 0 Å². The van der Waals surface area contributed by atoms with Gasteiger partial charge in [0, 0.05) is 6.04 Å². The van der Waals surface area contributed by atoms with Crippen LogP contribution < -0.4 is 11.3 Å². The second-order valence-electron chi connectivity index (χ2n) is 4.42. The van der Waals surface area contributed by atoms with Crippen molar-refractivity contribution in [3.05, 3.63) is 0 Å². The summed E-state index contributed by atoms with van der Waals surface area (Å²) in [5, 5.41) is 0. The Kier molecular flexibility index (Phi) is 2.66.